The highest BCUT2D eigenvalue weighted by molar-refractivity contribution is 6.00. The second-order valence-corrected chi connectivity index (χ2v) is 5.49. The molecule has 1 aromatic carbocycles. The summed E-state index contributed by atoms with van der Waals surface area (Å²) >= 11 is 0. The van der Waals surface area contributed by atoms with Crippen LogP contribution >= 0.6 is 12.4 Å². The summed E-state index contributed by atoms with van der Waals surface area (Å²) in [4.78, 5) is 15.2. The van der Waals surface area contributed by atoms with E-state index in [0.717, 1.165) is 11.1 Å². The number of rotatable bonds is 4. The van der Waals surface area contributed by atoms with Crippen LogP contribution in [-0.4, -0.2) is 41.7 Å². The zero-order valence-corrected chi connectivity index (χ0v) is 13.2. The number of β-amino-alcohol motifs (C(OH)–C–C–N with tert-alkyl or cyclic N) is 1. The Labute approximate surface area is 139 Å². The molecule has 0 spiro atoms. The molecule has 1 fully saturated rings. The maximum atomic E-state index is 13.0. The molecule has 2 unspecified atom stereocenters. The SMILES string of the molecule is Cl.O=C(NCC1CNCC1O)c1c[nH]cc1-c1ccc(F)cc1. The molecule has 4 N–H and O–H groups in total. The predicted molar refractivity (Wildman–Crippen MR) is 88.1 cm³/mol. The van der Waals surface area contributed by atoms with Gasteiger partial charge in [0.1, 0.15) is 5.82 Å². The Hall–Kier alpha value is -1.89. The molecule has 1 amide bonds. The molecule has 0 bridgehead atoms. The summed E-state index contributed by atoms with van der Waals surface area (Å²) in [5.41, 5.74) is 2.00. The molecular formula is C16H19ClFN3O2. The number of nitrogens with one attached hydrogen (secondary N) is 3. The molecule has 1 aliphatic heterocycles. The second-order valence-electron chi connectivity index (χ2n) is 5.49. The quantitative estimate of drug-likeness (QED) is 0.682. The molecule has 0 aliphatic carbocycles. The van der Waals surface area contributed by atoms with Gasteiger partial charge in [-0.25, -0.2) is 4.39 Å². The van der Waals surface area contributed by atoms with E-state index in [1.54, 1.807) is 24.5 Å². The van der Waals surface area contributed by atoms with Crippen LogP contribution in [0.5, 0.6) is 0 Å². The molecule has 2 aromatic rings. The Bertz CT molecular complexity index is 660. The Morgan fingerprint density at radius 2 is 2.00 bits per heavy atom. The Morgan fingerprint density at radius 1 is 1.26 bits per heavy atom. The van der Waals surface area contributed by atoms with Gasteiger partial charge in [-0.3, -0.25) is 4.79 Å². The summed E-state index contributed by atoms with van der Waals surface area (Å²) < 4.78 is 13.0. The summed E-state index contributed by atoms with van der Waals surface area (Å²) in [7, 11) is 0. The number of carbonyl (C=O) groups excluding carboxylic acids is 1. The monoisotopic (exact) mass is 339 g/mol. The normalized spacial score (nSPS) is 20.1. The van der Waals surface area contributed by atoms with Crippen molar-refractivity contribution in [1.82, 2.24) is 15.6 Å². The highest BCUT2D eigenvalue weighted by atomic mass is 35.5. The first-order chi connectivity index (χ1) is 10.6. The van der Waals surface area contributed by atoms with Crippen molar-refractivity contribution in [3.8, 4) is 11.1 Å². The lowest BCUT2D eigenvalue weighted by atomic mass is 10.0. The number of aliphatic hydroxyl groups excluding tert-OH is 1. The molecule has 0 saturated carbocycles. The molecule has 124 valence electrons. The maximum Gasteiger partial charge on any atom is 0.253 e. The van der Waals surface area contributed by atoms with Gasteiger partial charge in [0.15, 0.2) is 0 Å². The minimum absolute atomic E-state index is 0. The highest BCUT2D eigenvalue weighted by Crippen LogP contribution is 2.23. The van der Waals surface area contributed by atoms with E-state index < -0.39 is 6.10 Å². The lowest BCUT2D eigenvalue weighted by Crippen LogP contribution is -2.34. The number of halogens is 2. The van der Waals surface area contributed by atoms with E-state index in [0.29, 0.717) is 25.2 Å². The van der Waals surface area contributed by atoms with Crippen molar-refractivity contribution in [2.24, 2.45) is 5.92 Å². The van der Waals surface area contributed by atoms with Gasteiger partial charge < -0.3 is 20.7 Å². The van der Waals surface area contributed by atoms with Crippen LogP contribution < -0.4 is 10.6 Å². The number of aliphatic hydroxyl groups is 1. The van der Waals surface area contributed by atoms with E-state index >= 15 is 0 Å². The number of hydrogen-bond acceptors (Lipinski definition) is 3. The van der Waals surface area contributed by atoms with Crippen LogP contribution in [0.2, 0.25) is 0 Å². The predicted octanol–water partition coefficient (Wildman–Crippen LogP) is 1.55. The van der Waals surface area contributed by atoms with Gasteiger partial charge >= 0.3 is 0 Å². The molecule has 1 aliphatic rings. The van der Waals surface area contributed by atoms with E-state index in [4.69, 9.17) is 0 Å². The van der Waals surface area contributed by atoms with Gasteiger partial charge in [0.2, 0.25) is 0 Å². The Morgan fingerprint density at radius 3 is 2.65 bits per heavy atom. The van der Waals surface area contributed by atoms with Gasteiger partial charge in [-0.15, -0.1) is 12.4 Å². The van der Waals surface area contributed by atoms with Crippen molar-refractivity contribution in [2.45, 2.75) is 6.10 Å². The number of aromatic nitrogens is 1. The van der Waals surface area contributed by atoms with Crippen LogP contribution in [0.1, 0.15) is 10.4 Å². The smallest absolute Gasteiger partial charge is 0.253 e. The van der Waals surface area contributed by atoms with Crippen molar-refractivity contribution in [3.63, 3.8) is 0 Å². The van der Waals surface area contributed by atoms with Crippen molar-refractivity contribution >= 4 is 18.3 Å². The molecule has 7 heteroatoms. The number of amides is 1. The molecule has 3 rings (SSSR count). The van der Waals surface area contributed by atoms with Crippen LogP contribution in [0.3, 0.4) is 0 Å². The largest absolute Gasteiger partial charge is 0.391 e. The van der Waals surface area contributed by atoms with Gasteiger partial charge in [-0.05, 0) is 17.7 Å². The zero-order chi connectivity index (χ0) is 15.5. The van der Waals surface area contributed by atoms with Crippen LogP contribution in [0, 0.1) is 11.7 Å². The summed E-state index contributed by atoms with van der Waals surface area (Å²) in [6, 6.07) is 6.01. The van der Waals surface area contributed by atoms with E-state index in [2.05, 4.69) is 15.6 Å². The minimum atomic E-state index is -0.428. The van der Waals surface area contributed by atoms with Crippen LogP contribution in [0.4, 0.5) is 4.39 Å². The topological polar surface area (TPSA) is 77.2 Å². The zero-order valence-electron chi connectivity index (χ0n) is 12.4. The average Bonchev–Trinajstić information content (AvgIpc) is 3.15. The fourth-order valence-corrected chi connectivity index (χ4v) is 2.67. The molecule has 0 radical (unpaired) electrons. The van der Waals surface area contributed by atoms with Crippen LogP contribution in [0.15, 0.2) is 36.7 Å². The van der Waals surface area contributed by atoms with E-state index in [9.17, 15) is 14.3 Å². The number of aromatic amines is 1. The number of carbonyl (C=O) groups is 1. The van der Waals surface area contributed by atoms with E-state index in [-0.39, 0.29) is 30.0 Å². The van der Waals surface area contributed by atoms with Gasteiger partial charge in [0.25, 0.3) is 5.91 Å². The van der Waals surface area contributed by atoms with Crippen molar-refractivity contribution in [1.29, 1.82) is 0 Å². The molecule has 2 atom stereocenters. The third kappa shape index (κ3) is 3.90. The van der Waals surface area contributed by atoms with Crippen LogP contribution in [0.25, 0.3) is 11.1 Å². The first-order valence-corrected chi connectivity index (χ1v) is 7.25. The minimum Gasteiger partial charge on any atom is -0.391 e. The highest BCUT2D eigenvalue weighted by Gasteiger charge is 2.25. The summed E-state index contributed by atoms with van der Waals surface area (Å²) in [6.45, 7) is 1.67. The third-order valence-electron chi connectivity index (χ3n) is 3.97. The summed E-state index contributed by atoms with van der Waals surface area (Å²) in [5.74, 6) is -0.496. The molecule has 23 heavy (non-hydrogen) atoms. The fraction of sp³-hybridized carbons (Fsp3) is 0.312. The fourth-order valence-electron chi connectivity index (χ4n) is 2.67. The average molecular weight is 340 g/mol. The lowest BCUT2D eigenvalue weighted by Gasteiger charge is -2.14. The Balaban J connectivity index is 0.00000192. The summed E-state index contributed by atoms with van der Waals surface area (Å²) in [5, 5.41) is 15.7. The van der Waals surface area contributed by atoms with Crippen molar-refractivity contribution in [2.75, 3.05) is 19.6 Å². The third-order valence-corrected chi connectivity index (χ3v) is 3.97. The summed E-state index contributed by atoms with van der Waals surface area (Å²) in [6.07, 6.45) is 2.91. The maximum absolute atomic E-state index is 13.0. The van der Waals surface area contributed by atoms with E-state index in [1.807, 2.05) is 0 Å². The number of H-pyrrole nitrogens is 1. The first kappa shape index (κ1) is 17.5. The molecule has 2 heterocycles. The van der Waals surface area contributed by atoms with Gasteiger partial charge in [0, 0.05) is 43.5 Å². The molecular weight excluding hydrogens is 321 g/mol. The number of benzene rings is 1. The molecule has 5 nitrogen and oxygen atoms in total. The first-order valence-electron chi connectivity index (χ1n) is 7.25. The lowest BCUT2D eigenvalue weighted by molar-refractivity contribution is 0.0928. The Kier molecular flexibility index (Phi) is 5.76. The van der Waals surface area contributed by atoms with E-state index in [1.165, 1.54) is 12.1 Å². The van der Waals surface area contributed by atoms with Gasteiger partial charge in [-0.1, -0.05) is 12.1 Å². The molecule has 1 saturated heterocycles. The second kappa shape index (κ2) is 7.59. The van der Waals surface area contributed by atoms with Gasteiger partial charge in [-0.2, -0.15) is 0 Å². The van der Waals surface area contributed by atoms with Crippen molar-refractivity contribution < 1.29 is 14.3 Å². The van der Waals surface area contributed by atoms with Crippen LogP contribution in [-0.2, 0) is 0 Å². The van der Waals surface area contributed by atoms with Crippen molar-refractivity contribution in [3.05, 3.63) is 48.0 Å². The van der Waals surface area contributed by atoms with Gasteiger partial charge in [0.05, 0.1) is 11.7 Å². The molecule has 1 aromatic heterocycles. The standard InChI is InChI=1S/C16H18FN3O2.ClH/c17-12-3-1-10(2-4-12)13-7-19-8-14(13)16(22)20-6-11-5-18-9-15(11)21;/h1-4,7-8,11,15,18-19,21H,5-6,9H2,(H,20,22);1H. The number of hydrogen-bond donors (Lipinski definition) is 4.